The van der Waals surface area contributed by atoms with E-state index in [1.807, 2.05) is 12.4 Å². The van der Waals surface area contributed by atoms with Crippen molar-refractivity contribution < 1.29 is 4.74 Å². The molecule has 1 aliphatic rings. The van der Waals surface area contributed by atoms with Gasteiger partial charge in [-0.2, -0.15) is 0 Å². The summed E-state index contributed by atoms with van der Waals surface area (Å²) in [6.07, 6.45) is 8.60. The van der Waals surface area contributed by atoms with E-state index in [1.54, 1.807) is 0 Å². The lowest BCUT2D eigenvalue weighted by atomic mass is 10.1. The van der Waals surface area contributed by atoms with Gasteiger partial charge < -0.3 is 19.9 Å². The minimum atomic E-state index is 0.441. The summed E-state index contributed by atoms with van der Waals surface area (Å²) >= 11 is 0. The fourth-order valence-corrected chi connectivity index (χ4v) is 2.53. The third-order valence-electron chi connectivity index (χ3n) is 3.81. The molecule has 1 fully saturated rings. The smallest absolute Gasteiger partial charge is 0.109 e. The Labute approximate surface area is 115 Å². The van der Waals surface area contributed by atoms with Crippen LogP contribution in [-0.4, -0.2) is 53.3 Å². The molecule has 5 heteroatoms. The maximum Gasteiger partial charge on any atom is 0.109 e. The molecule has 0 amide bonds. The molecule has 0 bridgehead atoms. The molecule has 1 aliphatic heterocycles. The molecule has 108 valence electrons. The number of imidazole rings is 1. The molecule has 1 aromatic rings. The van der Waals surface area contributed by atoms with Gasteiger partial charge in [-0.05, 0) is 25.8 Å². The molecule has 0 aliphatic carbocycles. The Kier molecular flexibility index (Phi) is 5.82. The minimum Gasteiger partial charge on any atom is -0.378 e. The van der Waals surface area contributed by atoms with Crippen LogP contribution in [0.15, 0.2) is 12.4 Å². The van der Waals surface area contributed by atoms with E-state index >= 15 is 0 Å². The number of nitrogens with zero attached hydrogens (tertiary/aromatic N) is 3. The van der Waals surface area contributed by atoms with Crippen LogP contribution < -0.4 is 5.73 Å². The number of hydrogen-bond acceptors (Lipinski definition) is 4. The van der Waals surface area contributed by atoms with Crippen molar-refractivity contribution in [2.45, 2.75) is 31.8 Å². The number of hydrogen-bond donors (Lipinski definition) is 1. The van der Waals surface area contributed by atoms with Crippen molar-refractivity contribution in [2.75, 3.05) is 32.8 Å². The Bertz CT molecular complexity index is 358. The van der Waals surface area contributed by atoms with E-state index in [0.717, 1.165) is 58.5 Å². The van der Waals surface area contributed by atoms with Crippen LogP contribution in [0, 0.1) is 0 Å². The molecule has 2 heterocycles. The lowest BCUT2D eigenvalue weighted by Crippen LogP contribution is -2.38. The highest BCUT2D eigenvalue weighted by Crippen LogP contribution is 2.14. The number of nitrogens with two attached hydrogens (primary N) is 1. The standard InChI is InChI=1S/C14H26N4O/c1-17-11-7-16-14(17)5-10-18-8-3-13(4-9-18)19-12-2-6-15/h7,11,13H,2-6,8-10,12,15H2,1H3. The lowest BCUT2D eigenvalue weighted by molar-refractivity contribution is 0.00742. The quantitative estimate of drug-likeness (QED) is 0.742. The molecule has 1 aromatic heterocycles. The Morgan fingerprint density at radius 1 is 1.42 bits per heavy atom. The van der Waals surface area contributed by atoms with Crippen molar-refractivity contribution in [3.05, 3.63) is 18.2 Å². The van der Waals surface area contributed by atoms with Crippen LogP contribution in [0.25, 0.3) is 0 Å². The number of aryl methyl sites for hydroxylation is 1. The Morgan fingerprint density at radius 3 is 2.84 bits per heavy atom. The van der Waals surface area contributed by atoms with Crippen molar-refractivity contribution in [2.24, 2.45) is 12.8 Å². The van der Waals surface area contributed by atoms with Crippen molar-refractivity contribution >= 4 is 0 Å². The third-order valence-corrected chi connectivity index (χ3v) is 3.81. The molecule has 0 aromatic carbocycles. The fourth-order valence-electron chi connectivity index (χ4n) is 2.53. The average molecular weight is 266 g/mol. The molecule has 0 saturated carbocycles. The Balaban J connectivity index is 1.62. The van der Waals surface area contributed by atoms with Crippen molar-refractivity contribution in [1.82, 2.24) is 14.5 Å². The first-order valence-electron chi connectivity index (χ1n) is 7.30. The first kappa shape index (κ1) is 14.5. The second kappa shape index (κ2) is 7.62. The summed E-state index contributed by atoms with van der Waals surface area (Å²) in [7, 11) is 2.06. The van der Waals surface area contributed by atoms with Gasteiger partial charge in [0, 0.05) is 52.1 Å². The molecule has 1 saturated heterocycles. The molecule has 0 atom stereocenters. The molecular weight excluding hydrogens is 240 g/mol. The summed E-state index contributed by atoms with van der Waals surface area (Å²) in [6, 6.07) is 0. The van der Waals surface area contributed by atoms with Crippen molar-refractivity contribution in [3.8, 4) is 0 Å². The fraction of sp³-hybridized carbons (Fsp3) is 0.786. The van der Waals surface area contributed by atoms with E-state index < -0.39 is 0 Å². The Hall–Kier alpha value is -0.910. The number of piperidine rings is 1. The van der Waals surface area contributed by atoms with Crippen LogP contribution >= 0.6 is 0 Å². The van der Waals surface area contributed by atoms with E-state index in [1.165, 1.54) is 5.82 Å². The first-order valence-corrected chi connectivity index (χ1v) is 7.30. The Morgan fingerprint density at radius 2 is 2.21 bits per heavy atom. The lowest BCUT2D eigenvalue weighted by Gasteiger charge is -2.31. The summed E-state index contributed by atoms with van der Waals surface area (Å²) in [4.78, 5) is 6.88. The molecule has 0 radical (unpaired) electrons. The zero-order valence-electron chi connectivity index (χ0n) is 11.9. The zero-order valence-corrected chi connectivity index (χ0v) is 11.9. The number of likely N-dealkylation sites (tertiary alicyclic amines) is 1. The number of rotatable bonds is 7. The van der Waals surface area contributed by atoms with Crippen LogP contribution in [0.4, 0.5) is 0 Å². The van der Waals surface area contributed by atoms with Crippen molar-refractivity contribution in [3.63, 3.8) is 0 Å². The van der Waals surface area contributed by atoms with Gasteiger partial charge in [-0.3, -0.25) is 0 Å². The van der Waals surface area contributed by atoms with Crippen LogP contribution in [-0.2, 0) is 18.2 Å². The maximum absolute atomic E-state index is 5.82. The largest absolute Gasteiger partial charge is 0.378 e. The van der Waals surface area contributed by atoms with Gasteiger partial charge in [-0.25, -0.2) is 4.98 Å². The van der Waals surface area contributed by atoms with Crippen LogP contribution in [0.3, 0.4) is 0 Å². The average Bonchev–Trinajstić information content (AvgIpc) is 2.84. The summed E-state index contributed by atoms with van der Waals surface area (Å²) in [6.45, 7) is 4.91. The van der Waals surface area contributed by atoms with E-state index in [2.05, 4.69) is 21.5 Å². The van der Waals surface area contributed by atoms with Gasteiger partial charge in [0.05, 0.1) is 6.10 Å². The third kappa shape index (κ3) is 4.60. The first-order chi connectivity index (χ1) is 9.29. The summed E-state index contributed by atoms with van der Waals surface area (Å²) in [5.74, 6) is 1.17. The topological polar surface area (TPSA) is 56.3 Å². The minimum absolute atomic E-state index is 0.441. The highest BCUT2D eigenvalue weighted by Gasteiger charge is 2.19. The highest BCUT2D eigenvalue weighted by atomic mass is 16.5. The predicted octanol–water partition coefficient (Wildman–Crippen LogP) is 0.792. The van der Waals surface area contributed by atoms with Crippen molar-refractivity contribution in [1.29, 1.82) is 0 Å². The molecule has 0 spiro atoms. The van der Waals surface area contributed by atoms with E-state index in [0.29, 0.717) is 6.10 Å². The second-order valence-electron chi connectivity index (χ2n) is 5.26. The molecule has 19 heavy (non-hydrogen) atoms. The van der Waals surface area contributed by atoms with Gasteiger partial charge in [0.15, 0.2) is 0 Å². The monoisotopic (exact) mass is 266 g/mol. The van der Waals surface area contributed by atoms with Crippen LogP contribution in [0.2, 0.25) is 0 Å². The maximum atomic E-state index is 5.82. The highest BCUT2D eigenvalue weighted by molar-refractivity contribution is 4.92. The summed E-state index contributed by atoms with van der Waals surface area (Å²) in [5.41, 5.74) is 5.47. The second-order valence-corrected chi connectivity index (χ2v) is 5.26. The normalized spacial score (nSPS) is 18.0. The molecule has 2 N–H and O–H groups in total. The summed E-state index contributed by atoms with van der Waals surface area (Å²) in [5, 5.41) is 0. The van der Waals surface area contributed by atoms with Crippen LogP contribution in [0.5, 0.6) is 0 Å². The van der Waals surface area contributed by atoms with Gasteiger partial charge in [0.1, 0.15) is 5.82 Å². The number of aromatic nitrogens is 2. The van der Waals surface area contributed by atoms with Gasteiger partial charge in [-0.1, -0.05) is 0 Å². The molecule has 2 rings (SSSR count). The van der Waals surface area contributed by atoms with Gasteiger partial charge in [-0.15, -0.1) is 0 Å². The molecule has 0 unspecified atom stereocenters. The van der Waals surface area contributed by atoms with E-state index in [4.69, 9.17) is 10.5 Å². The SMILES string of the molecule is Cn1ccnc1CCN1CCC(OCCCN)CC1. The molecular formula is C14H26N4O. The number of ether oxygens (including phenoxy) is 1. The van der Waals surface area contributed by atoms with Crippen LogP contribution in [0.1, 0.15) is 25.1 Å². The summed E-state index contributed by atoms with van der Waals surface area (Å²) < 4.78 is 7.92. The van der Waals surface area contributed by atoms with Gasteiger partial charge >= 0.3 is 0 Å². The zero-order chi connectivity index (χ0) is 13.5. The van der Waals surface area contributed by atoms with Gasteiger partial charge in [0.25, 0.3) is 0 Å². The van der Waals surface area contributed by atoms with E-state index in [-0.39, 0.29) is 0 Å². The molecule has 5 nitrogen and oxygen atoms in total. The predicted molar refractivity (Wildman–Crippen MR) is 76.0 cm³/mol. The van der Waals surface area contributed by atoms with E-state index in [9.17, 15) is 0 Å². The van der Waals surface area contributed by atoms with Gasteiger partial charge in [0.2, 0.25) is 0 Å².